The van der Waals surface area contributed by atoms with Crippen molar-refractivity contribution in [3.8, 4) is 0 Å². The van der Waals surface area contributed by atoms with Crippen LogP contribution in [0.25, 0.3) is 0 Å². The smallest absolute Gasteiger partial charge is 0.138 e. The zero-order valence-corrected chi connectivity index (χ0v) is 13.3. The quantitative estimate of drug-likeness (QED) is 0.605. The van der Waals surface area contributed by atoms with Crippen molar-refractivity contribution in [3.05, 3.63) is 51.3 Å². The van der Waals surface area contributed by atoms with Crippen molar-refractivity contribution in [2.45, 2.75) is 6.42 Å². The molecule has 0 amide bonds. The molecule has 0 heterocycles. The fourth-order valence-corrected chi connectivity index (χ4v) is 2.38. The first-order valence-electron chi connectivity index (χ1n) is 6.20. The maximum Gasteiger partial charge on any atom is 0.138 e. The third-order valence-electron chi connectivity index (χ3n) is 2.95. The van der Waals surface area contributed by atoms with Crippen LogP contribution in [0.1, 0.15) is 5.56 Å². The average Bonchev–Trinajstić information content (AvgIpc) is 2.44. The van der Waals surface area contributed by atoms with Crippen LogP contribution in [0.15, 0.2) is 36.4 Å². The molecule has 20 heavy (non-hydrogen) atoms. The number of hydrogen-bond acceptors (Lipinski definition) is 3. The van der Waals surface area contributed by atoms with Crippen LogP contribution < -0.4 is 11.1 Å². The molecule has 0 saturated carbocycles. The monoisotopic (exact) mass is 386 g/mol. The summed E-state index contributed by atoms with van der Waals surface area (Å²) in [5, 5.41) is 3.19. The molecule has 0 atom stereocenters. The van der Waals surface area contributed by atoms with E-state index in [1.165, 1.54) is 6.07 Å². The van der Waals surface area contributed by atoms with E-state index < -0.39 is 0 Å². The molecular weight excluding hydrogens is 370 g/mol. The SMILES string of the molecule is COCCc1ccccc1Nc1cc(F)c(I)cc1N. The van der Waals surface area contributed by atoms with Gasteiger partial charge in [-0.15, -0.1) is 0 Å². The van der Waals surface area contributed by atoms with Gasteiger partial charge in [0, 0.05) is 18.9 Å². The predicted octanol–water partition coefficient (Wildman–Crippen LogP) is 3.95. The zero-order chi connectivity index (χ0) is 14.5. The average molecular weight is 386 g/mol. The first-order valence-corrected chi connectivity index (χ1v) is 7.28. The summed E-state index contributed by atoms with van der Waals surface area (Å²) in [5.41, 5.74) is 9.05. The molecule has 0 radical (unpaired) electrons. The number of rotatable bonds is 5. The van der Waals surface area contributed by atoms with Gasteiger partial charge in [0.05, 0.1) is 21.6 Å². The first kappa shape index (κ1) is 15.1. The largest absolute Gasteiger partial charge is 0.397 e. The van der Waals surface area contributed by atoms with Crippen molar-refractivity contribution in [2.24, 2.45) is 0 Å². The zero-order valence-electron chi connectivity index (χ0n) is 11.1. The van der Waals surface area contributed by atoms with Gasteiger partial charge in [-0.3, -0.25) is 0 Å². The Labute approximate surface area is 131 Å². The molecule has 0 aliphatic heterocycles. The van der Waals surface area contributed by atoms with Gasteiger partial charge in [-0.2, -0.15) is 0 Å². The van der Waals surface area contributed by atoms with Crippen LogP contribution in [0.5, 0.6) is 0 Å². The number of hydrogen-bond donors (Lipinski definition) is 2. The molecule has 0 aliphatic carbocycles. The highest BCUT2D eigenvalue weighted by atomic mass is 127. The molecule has 2 rings (SSSR count). The highest BCUT2D eigenvalue weighted by Gasteiger charge is 2.08. The lowest BCUT2D eigenvalue weighted by Crippen LogP contribution is -2.03. The highest BCUT2D eigenvalue weighted by molar-refractivity contribution is 14.1. The minimum atomic E-state index is -0.281. The second-order valence-corrected chi connectivity index (χ2v) is 5.54. The molecular formula is C15H16FIN2O. The van der Waals surface area contributed by atoms with Crippen LogP contribution in [0.3, 0.4) is 0 Å². The Morgan fingerprint density at radius 1 is 1.25 bits per heavy atom. The number of nitrogen functional groups attached to an aromatic ring is 1. The van der Waals surface area contributed by atoms with Crippen LogP contribution >= 0.6 is 22.6 Å². The van der Waals surface area contributed by atoms with Crippen molar-refractivity contribution in [3.63, 3.8) is 0 Å². The number of nitrogens with two attached hydrogens (primary N) is 1. The number of methoxy groups -OCH3 is 1. The van der Waals surface area contributed by atoms with Gasteiger partial charge in [0.25, 0.3) is 0 Å². The Balaban J connectivity index is 2.28. The molecule has 106 valence electrons. The lowest BCUT2D eigenvalue weighted by molar-refractivity contribution is 0.202. The summed E-state index contributed by atoms with van der Waals surface area (Å²) in [6, 6.07) is 10.9. The molecule has 0 unspecified atom stereocenters. The van der Waals surface area contributed by atoms with Crippen molar-refractivity contribution in [1.29, 1.82) is 0 Å². The Morgan fingerprint density at radius 2 is 2.00 bits per heavy atom. The van der Waals surface area contributed by atoms with E-state index in [1.54, 1.807) is 13.2 Å². The van der Waals surface area contributed by atoms with E-state index in [9.17, 15) is 4.39 Å². The molecule has 0 spiro atoms. The van der Waals surface area contributed by atoms with Crippen molar-refractivity contribution < 1.29 is 9.13 Å². The second kappa shape index (κ2) is 6.90. The van der Waals surface area contributed by atoms with Gasteiger partial charge in [-0.05, 0) is 46.7 Å². The fourth-order valence-electron chi connectivity index (χ4n) is 1.89. The van der Waals surface area contributed by atoms with Crippen LogP contribution in [0.2, 0.25) is 0 Å². The molecule has 0 fully saturated rings. The summed E-state index contributed by atoms with van der Waals surface area (Å²) in [4.78, 5) is 0. The van der Waals surface area contributed by atoms with E-state index in [-0.39, 0.29) is 5.82 Å². The summed E-state index contributed by atoms with van der Waals surface area (Å²) in [6.45, 7) is 0.634. The van der Waals surface area contributed by atoms with Crippen LogP contribution in [0.4, 0.5) is 21.5 Å². The third kappa shape index (κ3) is 3.61. The first-order chi connectivity index (χ1) is 9.61. The minimum absolute atomic E-state index is 0.281. The van der Waals surface area contributed by atoms with E-state index >= 15 is 0 Å². The summed E-state index contributed by atoms with van der Waals surface area (Å²) < 4.78 is 19.3. The normalized spacial score (nSPS) is 10.6. The maximum absolute atomic E-state index is 13.6. The lowest BCUT2D eigenvalue weighted by atomic mass is 10.1. The summed E-state index contributed by atoms with van der Waals surface area (Å²) >= 11 is 1.92. The van der Waals surface area contributed by atoms with Crippen LogP contribution in [0, 0.1) is 9.39 Å². The third-order valence-corrected chi connectivity index (χ3v) is 3.78. The van der Waals surface area contributed by atoms with Gasteiger partial charge in [-0.25, -0.2) is 4.39 Å². The van der Waals surface area contributed by atoms with Gasteiger partial charge in [0.2, 0.25) is 0 Å². The van der Waals surface area contributed by atoms with Gasteiger partial charge in [0.1, 0.15) is 5.82 Å². The topological polar surface area (TPSA) is 47.3 Å². The molecule has 5 heteroatoms. The number of ether oxygens (including phenoxy) is 1. The number of halogens is 2. The van der Waals surface area contributed by atoms with E-state index in [2.05, 4.69) is 5.32 Å². The van der Waals surface area contributed by atoms with Gasteiger partial charge < -0.3 is 15.8 Å². The van der Waals surface area contributed by atoms with Crippen molar-refractivity contribution in [2.75, 3.05) is 24.8 Å². The van der Waals surface area contributed by atoms with Crippen LogP contribution in [-0.2, 0) is 11.2 Å². The van der Waals surface area contributed by atoms with Crippen molar-refractivity contribution >= 4 is 39.7 Å². The number of anilines is 3. The minimum Gasteiger partial charge on any atom is -0.397 e. The Hall–Kier alpha value is -1.34. The van der Waals surface area contributed by atoms with E-state index in [0.29, 0.717) is 21.6 Å². The fraction of sp³-hybridized carbons (Fsp3) is 0.200. The van der Waals surface area contributed by atoms with Gasteiger partial charge in [-0.1, -0.05) is 18.2 Å². The molecule has 2 aromatic carbocycles. The van der Waals surface area contributed by atoms with E-state index in [1.807, 2.05) is 46.9 Å². The molecule has 3 nitrogen and oxygen atoms in total. The van der Waals surface area contributed by atoms with E-state index in [0.717, 1.165) is 17.7 Å². The van der Waals surface area contributed by atoms with Gasteiger partial charge >= 0.3 is 0 Å². The summed E-state index contributed by atoms with van der Waals surface area (Å²) in [7, 11) is 1.67. The molecule has 3 N–H and O–H groups in total. The van der Waals surface area contributed by atoms with Crippen molar-refractivity contribution in [1.82, 2.24) is 0 Å². The molecule has 0 bridgehead atoms. The summed E-state index contributed by atoms with van der Waals surface area (Å²) in [5.74, 6) is -0.281. The molecule has 0 aliphatic rings. The van der Waals surface area contributed by atoms with Gasteiger partial charge in [0.15, 0.2) is 0 Å². The van der Waals surface area contributed by atoms with E-state index in [4.69, 9.17) is 10.5 Å². The molecule has 0 saturated heterocycles. The van der Waals surface area contributed by atoms with Crippen LogP contribution in [-0.4, -0.2) is 13.7 Å². The Kier molecular flexibility index (Phi) is 5.19. The summed E-state index contributed by atoms with van der Waals surface area (Å²) in [6.07, 6.45) is 0.784. The Morgan fingerprint density at radius 3 is 2.75 bits per heavy atom. The predicted molar refractivity (Wildman–Crippen MR) is 88.8 cm³/mol. The number of benzene rings is 2. The number of nitrogens with one attached hydrogen (secondary N) is 1. The molecule has 0 aromatic heterocycles. The molecule has 2 aromatic rings. The number of para-hydroxylation sites is 1. The highest BCUT2D eigenvalue weighted by Crippen LogP contribution is 2.28. The maximum atomic E-state index is 13.6. The lowest BCUT2D eigenvalue weighted by Gasteiger charge is -2.14. The second-order valence-electron chi connectivity index (χ2n) is 4.38. The Bertz CT molecular complexity index is 604. The standard InChI is InChI=1S/C15H16FIN2O/c1-20-7-6-10-4-2-3-5-14(10)19-15-8-11(16)12(17)9-13(15)18/h2-5,8-9,19H,6-7,18H2,1H3.